The Bertz CT molecular complexity index is 1520. The summed E-state index contributed by atoms with van der Waals surface area (Å²) in [6, 6.07) is 33.6. The van der Waals surface area contributed by atoms with Gasteiger partial charge in [-0.05, 0) is 34.9 Å². The van der Waals surface area contributed by atoms with Gasteiger partial charge >= 0.3 is 0 Å². The van der Waals surface area contributed by atoms with E-state index in [1.807, 2.05) is 41.7 Å². The predicted molar refractivity (Wildman–Crippen MR) is 137 cm³/mol. The normalized spacial score (nSPS) is 18.0. The zero-order chi connectivity index (χ0) is 21.5. The fourth-order valence-corrected chi connectivity index (χ4v) is 5.79. The molecule has 2 heterocycles. The Morgan fingerprint density at radius 2 is 1.50 bits per heavy atom. The summed E-state index contributed by atoms with van der Waals surface area (Å²) < 4.78 is 2.58. The van der Waals surface area contributed by atoms with E-state index < -0.39 is 5.66 Å². The van der Waals surface area contributed by atoms with E-state index in [0.29, 0.717) is 5.29 Å². The molecule has 0 saturated carbocycles. The van der Waals surface area contributed by atoms with Crippen LogP contribution in [0.2, 0.25) is 0 Å². The van der Waals surface area contributed by atoms with Gasteiger partial charge in [-0.3, -0.25) is 0 Å². The van der Waals surface area contributed by atoms with Crippen LogP contribution in [0.1, 0.15) is 11.1 Å². The molecule has 0 spiro atoms. The van der Waals surface area contributed by atoms with Crippen molar-refractivity contribution in [1.82, 2.24) is 5.32 Å². The zero-order valence-electron chi connectivity index (χ0n) is 17.0. The van der Waals surface area contributed by atoms with Crippen LogP contribution in [0, 0.1) is 0 Å². The second-order valence-electron chi connectivity index (χ2n) is 7.70. The van der Waals surface area contributed by atoms with Crippen LogP contribution in [0.15, 0.2) is 107 Å². The summed E-state index contributed by atoms with van der Waals surface area (Å²) in [6.07, 6.45) is 1.63. The van der Waals surface area contributed by atoms with Crippen LogP contribution in [0.25, 0.3) is 31.3 Å². The summed E-state index contributed by atoms with van der Waals surface area (Å²) in [5.41, 5.74) is 3.35. The van der Waals surface area contributed by atoms with Gasteiger partial charge in [-0.15, -0.1) is 11.3 Å². The highest BCUT2D eigenvalue weighted by Gasteiger charge is 2.35. The standard InChI is InChI=1S/C27H18ClN3S/c28-26-29-17-30-27(31-26,19-9-2-1-3-10-19)20-11-6-8-18(16-20)21-13-7-14-23-22-12-4-5-15-24(22)32-25(21)23/h1-17H,(H,29,30,31). The third-order valence-electron chi connectivity index (χ3n) is 5.85. The van der Waals surface area contributed by atoms with Gasteiger partial charge in [-0.25, -0.2) is 9.98 Å². The van der Waals surface area contributed by atoms with Crippen LogP contribution in [-0.4, -0.2) is 11.6 Å². The summed E-state index contributed by atoms with van der Waals surface area (Å²) >= 11 is 8.16. The molecular weight excluding hydrogens is 434 g/mol. The minimum Gasteiger partial charge on any atom is -0.322 e. The molecule has 1 unspecified atom stereocenters. The second kappa shape index (κ2) is 7.59. The molecule has 0 fully saturated rings. The number of aliphatic imine (C=N–C) groups is 2. The van der Waals surface area contributed by atoms with Gasteiger partial charge in [0.15, 0.2) is 5.29 Å². The summed E-state index contributed by atoms with van der Waals surface area (Å²) in [4.78, 5) is 9.54. The Kier molecular flexibility index (Phi) is 4.56. The Hall–Kier alpha value is -3.47. The van der Waals surface area contributed by atoms with E-state index in [0.717, 1.165) is 16.7 Å². The van der Waals surface area contributed by atoms with Gasteiger partial charge in [0.05, 0.1) is 6.34 Å². The maximum atomic E-state index is 6.33. The largest absolute Gasteiger partial charge is 0.322 e. The first-order valence-corrected chi connectivity index (χ1v) is 11.6. The molecule has 32 heavy (non-hydrogen) atoms. The van der Waals surface area contributed by atoms with Gasteiger partial charge in [0.1, 0.15) is 0 Å². The van der Waals surface area contributed by atoms with Crippen molar-refractivity contribution in [2.75, 3.05) is 0 Å². The van der Waals surface area contributed by atoms with Crippen LogP contribution in [-0.2, 0) is 5.66 Å². The average molecular weight is 452 g/mol. The molecule has 0 amide bonds. The Labute approximate surface area is 194 Å². The fraction of sp³-hybridized carbons (Fsp3) is 0.0370. The van der Waals surface area contributed by atoms with E-state index in [1.165, 1.54) is 25.7 Å². The molecule has 1 aliphatic heterocycles. The van der Waals surface area contributed by atoms with Crippen LogP contribution in [0.4, 0.5) is 0 Å². The number of halogens is 1. The highest BCUT2D eigenvalue weighted by Crippen LogP contribution is 2.42. The van der Waals surface area contributed by atoms with Gasteiger partial charge < -0.3 is 5.32 Å². The number of amidine groups is 1. The summed E-state index contributed by atoms with van der Waals surface area (Å²) in [7, 11) is 0. The van der Waals surface area contributed by atoms with Gasteiger partial charge in [-0.1, -0.05) is 84.9 Å². The molecule has 1 N–H and O–H groups in total. The van der Waals surface area contributed by atoms with Crippen molar-refractivity contribution in [2.24, 2.45) is 9.98 Å². The number of hydrogen-bond acceptors (Lipinski definition) is 4. The quantitative estimate of drug-likeness (QED) is 0.290. The van der Waals surface area contributed by atoms with Crippen molar-refractivity contribution in [2.45, 2.75) is 5.66 Å². The van der Waals surface area contributed by atoms with E-state index in [4.69, 9.17) is 21.6 Å². The monoisotopic (exact) mass is 451 g/mol. The molecule has 3 nitrogen and oxygen atoms in total. The number of hydrogen-bond donors (Lipinski definition) is 1. The molecule has 0 saturated heterocycles. The lowest BCUT2D eigenvalue weighted by atomic mass is 9.89. The molecule has 0 radical (unpaired) electrons. The van der Waals surface area contributed by atoms with Crippen LogP contribution in [0.3, 0.4) is 0 Å². The molecule has 5 aromatic rings. The molecule has 5 heteroatoms. The van der Waals surface area contributed by atoms with Crippen molar-refractivity contribution in [3.63, 3.8) is 0 Å². The minimum absolute atomic E-state index is 0.320. The first-order chi connectivity index (χ1) is 15.7. The van der Waals surface area contributed by atoms with Crippen molar-refractivity contribution in [1.29, 1.82) is 0 Å². The number of benzene rings is 4. The van der Waals surface area contributed by atoms with Crippen molar-refractivity contribution < 1.29 is 0 Å². The Morgan fingerprint density at radius 3 is 2.38 bits per heavy atom. The van der Waals surface area contributed by atoms with E-state index >= 15 is 0 Å². The van der Waals surface area contributed by atoms with Gasteiger partial charge in [0.2, 0.25) is 5.66 Å². The lowest BCUT2D eigenvalue weighted by Gasteiger charge is -2.29. The van der Waals surface area contributed by atoms with Crippen LogP contribution >= 0.6 is 22.9 Å². The molecule has 1 aliphatic rings. The third-order valence-corrected chi connectivity index (χ3v) is 7.27. The zero-order valence-corrected chi connectivity index (χ0v) is 18.6. The second-order valence-corrected chi connectivity index (χ2v) is 9.11. The number of nitrogens with one attached hydrogen (secondary N) is 1. The smallest absolute Gasteiger partial charge is 0.206 e. The SMILES string of the molecule is ClC1=NC(c2ccccc2)(c2cccc(-c3cccc4c3sc3ccccc34)c2)N=CN1. The fourth-order valence-electron chi connectivity index (χ4n) is 4.38. The Balaban J connectivity index is 1.57. The molecule has 154 valence electrons. The van der Waals surface area contributed by atoms with Gasteiger partial charge in [0.25, 0.3) is 0 Å². The van der Waals surface area contributed by atoms with E-state index in [9.17, 15) is 0 Å². The third kappa shape index (κ3) is 3.03. The van der Waals surface area contributed by atoms with Gasteiger partial charge in [-0.2, -0.15) is 0 Å². The molecule has 6 rings (SSSR count). The topological polar surface area (TPSA) is 36.8 Å². The first kappa shape index (κ1) is 19.2. The predicted octanol–water partition coefficient (Wildman–Crippen LogP) is 7.15. The average Bonchev–Trinajstić information content (AvgIpc) is 3.23. The summed E-state index contributed by atoms with van der Waals surface area (Å²) in [5, 5.41) is 5.79. The van der Waals surface area contributed by atoms with E-state index in [2.05, 4.69) is 72.0 Å². The molecule has 0 aliphatic carbocycles. The minimum atomic E-state index is -0.923. The van der Waals surface area contributed by atoms with E-state index in [1.54, 1.807) is 6.34 Å². The highest BCUT2D eigenvalue weighted by molar-refractivity contribution is 7.26. The first-order valence-electron chi connectivity index (χ1n) is 10.4. The lowest BCUT2D eigenvalue weighted by molar-refractivity contribution is 0.569. The number of rotatable bonds is 3. The van der Waals surface area contributed by atoms with E-state index in [-0.39, 0.29) is 0 Å². The molecule has 4 aromatic carbocycles. The van der Waals surface area contributed by atoms with Crippen molar-refractivity contribution >= 4 is 54.7 Å². The molecule has 1 aromatic heterocycles. The number of fused-ring (bicyclic) bond motifs is 3. The summed E-state index contributed by atoms with van der Waals surface area (Å²) in [6.45, 7) is 0. The van der Waals surface area contributed by atoms with Crippen LogP contribution < -0.4 is 5.32 Å². The van der Waals surface area contributed by atoms with Crippen LogP contribution in [0.5, 0.6) is 0 Å². The maximum Gasteiger partial charge on any atom is 0.206 e. The number of nitrogens with zero attached hydrogens (tertiary/aromatic N) is 2. The summed E-state index contributed by atoms with van der Waals surface area (Å²) in [5.74, 6) is 0. The van der Waals surface area contributed by atoms with Gasteiger partial charge in [0, 0.05) is 31.3 Å². The van der Waals surface area contributed by atoms with Crippen molar-refractivity contribution in [3.05, 3.63) is 108 Å². The molecular formula is C27H18ClN3S. The molecule has 0 bridgehead atoms. The number of thiophene rings is 1. The lowest BCUT2D eigenvalue weighted by Crippen LogP contribution is -2.33. The molecule has 1 atom stereocenters. The maximum absolute atomic E-state index is 6.33. The highest BCUT2D eigenvalue weighted by atomic mass is 35.5. The van der Waals surface area contributed by atoms with Crippen molar-refractivity contribution in [3.8, 4) is 11.1 Å². The Morgan fingerprint density at radius 1 is 0.750 bits per heavy atom.